The number of ether oxygens (including phenoxy) is 1. The Hall–Kier alpha value is -7.04. The second kappa shape index (κ2) is 11.2. The molecule has 6 aromatic carbocycles. The van der Waals surface area contributed by atoms with Gasteiger partial charge in [-0.3, -0.25) is 9.55 Å². The maximum Gasteiger partial charge on any atom is 0.137 e. The van der Waals surface area contributed by atoms with Gasteiger partial charge in [0, 0.05) is 45.9 Å². The van der Waals surface area contributed by atoms with Crippen LogP contribution in [-0.4, -0.2) is 14.5 Å². The Balaban J connectivity index is 1.15. The highest BCUT2D eigenvalue weighted by Gasteiger charge is 2.49. The zero-order chi connectivity index (χ0) is 37.2. The molecule has 4 heteroatoms. The van der Waals surface area contributed by atoms with E-state index in [9.17, 15) is 0 Å². The molecular weight excluding hydrogens is 683 g/mol. The number of rotatable bonds is 2. The van der Waals surface area contributed by atoms with E-state index in [1.165, 1.54) is 44.5 Å². The van der Waals surface area contributed by atoms with E-state index in [0.29, 0.717) is 0 Å². The second-order valence-corrected chi connectivity index (χ2v) is 15.8. The second-order valence-electron chi connectivity index (χ2n) is 15.8. The number of benzene rings is 6. The zero-order valence-electron chi connectivity index (χ0n) is 31.0. The lowest BCUT2D eigenvalue weighted by Crippen LogP contribution is -2.35. The Labute approximate surface area is 325 Å². The van der Waals surface area contributed by atoms with E-state index in [1.807, 2.05) is 30.7 Å². The highest BCUT2D eigenvalue weighted by atomic mass is 16.5. The maximum absolute atomic E-state index is 7.00. The number of aromatic nitrogens is 3. The minimum Gasteiger partial charge on any atom is -0.457 e. The molecule has 3 aliphatic rings. The lowest BCUT2D eigenvalue weighted by atomic mass is 9.61. The van der Waals surface area contributed by atoms with Gasteiger partial charge >= 0.3 is 0 Å². The number of nitrogens with zero attached hydrogens (tertiary/aromatic N) is 3. The van der Waals surface area contributed by atoms with E-state index < -0.39 is 5.41 Å². The predicted octanol–water partition coefficient (Wildman–Crippen LogP) is 12.5. The number of fused-ring (bicyclic) bond motifs is 14. The van der Waals surface area contributed by atoms with Crippen LogP contribution >= 0.6 is 0 Å². The minimum absolute atomic E-state index is 0.156. The van der Waals surface area contributed by atoms with Crippen LogP contribution in [0.15, 0.2) is 164 Å². The summed E-state index contributed by atoms with van der Waals surface area (Å²) in [6, 6.07) is 53.2. The van der Waals surface area contributed by atoms with E-state index in [-0.39, 0.29) is 5.41 Å². The van der Waals surface area contributed by atoms with E-state index in [1.54, 1.807) is 0 Å². The van der Waals surface area contributed by atoms with Gasteiger partial charge in [-0.1, -0.05) is 117 Å². The van der Waals surface area contributed by atoms with E-state index in [4.69, 9.17) is 9.72 Å². The molecule has 4 heterocycles. The van der Waals surface area contributed by atoms with Crippen LogP contribution < -0.4 is 4.74 Å². The van der Waals surface area contributed by atoms with Crippen LogP contribution in [0.4, 0.5) is 0 Å². The van der Waals surface area contributed by atoms with Crippen LogP contribution in [0.3, 0.4) is 0 Å². The van der Waals surface area contributed by atoms with Gasteiger partial charge in [-0.15, -0.1) is 0 Å². The molecule has 56 heavy (non-hydrogen) atoms. The van der Waals surface area contributed by atoms with Crippen LogP contribution in [0, 0.1) is 0 Å². The average molecular weight is 718 g/mol. The van der Waals surface area contributed by atoms with E-state index in [2.05, 4.69) is 169 Å². The SMILES string of the molecule is CC1(C)c2ccccc2-c2cc3c(cc21)Oc1ccccc1C31c2ccccc2C=Cc2ccc(-c3ccc4c(c3)c3cnccc3n4-c3ccccn3)cc21. The third-order valence-corrected chi connectivity index (χ3v) is 12.6. The lowest BCUT2D eigenvalue weighted by Gasteiger charge is -2.43. The monoisotopic (exact) mass is 717 g/mol. The largest absolute Gasteiger partial charge is 0.457 e. The molecule has 2 aliphatic carbocycles. The van der Waals surface area contributed by atoms with Gasteiger partial charge in [0.1, 0.15) is 17.3 Å². The summed E-state index contributed by atoms with van der Waals surface area (Å²) in [5, 5.41) is 2.24. The van der Waals surface area contributed by atoms with Crippen molar-refractivity contribution in [2.45, 2.75) is 24.7 Å². The van der Waals surface area contributed by atoms with Crippen molar-refractivity contribution >= 4 is 34.0 Å². The molecule has 1 atom stereocenters. The first-order valence-electron chi connectivity index (χ1n) is 19.3. The van der Waals surface area contributed by atoms with Gasteiger partial charge in [-0.2, -0.15) is 0 Å². The summed E-state index contributed by atoms with van der Waals surface area (Å²) in [6.45, 7) is 4.67. The maximum atomic E-state index is 7.00. The Morgan fingerprint density at radius 1 is 0.500 bits per heavy atom. The van der Waals surface area contributed by atoms with Crippen LogP contribution in [-0.2, 0) is 10.8 Å². The normalized spacial score (nSPS) is 16.7. The van der Waals surface area contributed by atoms with Crippen molar-refractivity contribution in [1.82, 2.24) is 14.5 Å². The molecule has 1 unspecified atom stereocenters. The molecule has 0 amide bonds. The standard InChI is InChI=1S/C52H35N3O/c1-51(2)41-14-6-4-12-36(41)37-29-45-49(30-44(37)51)56-48-16-8-7-15-42(48)52(45)40-13-5-3-11-32(40)18-19-33-20-21-35(28-43(33)52)34-22-23-46-38(27-34)39-31-53-26-24-47(39)55(46)50-17-9-10-25-54-50/h3-31H,1-2H3. The summed E-state index contributed by atoms with van der Waals surface area (Å²) < 4.78 is 9.24. The Kier molecular flexibility index (Phi) is 6.29. The van der Waals surface area contributed by atoms with E-state index >= 15 is 0 Å². The third-order valence-electron chi connectivity index (χ3n) is 12.6. The van der Waals surface area contributed by atoms with Gasteiger partial charge in [0.25, 0.3) is 0 Å². The summed E-state index contributed by atoms with van der Waals surface area (Å²) in [5.74, 6) is 2.68. The molecule has 4 nitrogen and oxygen atoms in total. The van der Waals surface area contributed by atoms with Crippen molar-refractivity contribution in [3.05, 3.63) is 209 Å². The first-order valence-corrected chi connectivity index (χ1v) is 19.3. The van der Waals surface area contributed by atoms with E-state index in [0.717, 1.165) is 61.4 Å². The third kappa shape index (κ3) is 4.08. The molecule has 0 radical (unpaired) electrons. The van der Waals surface area contributed by atoms with Gasteiger partial charge in [0.2, 0.25) is 0 Å². The predicted molar refractivity (Wildman–Crippen MR) is 227 cm³/mol. The van der Waals surface area contributed by atoms with Crippen molar-refractivity contribution < 1.29 is 4.74 Å². The Morgan fingerprint density at radius 3 is 2.11 bits per heavy atom. The first kappa shape index (κ1) is 31.3. The van der Waals surface area contributed by atoms with Crippen LogP contribution in [0.2, 0.25) is 0 Å². The van der Waals surface area contributed by atoms with Crippen LogP contribution in [0.5, 0.6) is 11.5 Å². The number of hydrogen-bond acceptors (Lipinski definition) is 3. The number of para-hydroxylation sites is 1. The molecule has 0 bridgehead atoms. The topological polar surface area (TPSA) is 39.9 Å². The summed E-state index contributed by atoms with van der Waals surface area (Å²) in [7, 11) is 0. The van der Waals surface area contributed by atoms with Crippen LogP contribution in [0.1, 0.15) is 58.4 Å². The molecule has 12 rings (SSSR count). The molecule has 0 saturated carbocycles. The molecule has 264 valence electrons. The smallest absolute Gasteiger partial charge is 0.137 e. The van der Waals surface area contributed by atoms with Crippen molar-refractivity contribution in [2.75, 3.05) is 0 Å². The fourth-order valence-electron chi connectivity index (χ4n) is 10.1. The number of hydrogen-bond donors (Lipinski definition) is 0. The van der Waals surface area contributed by atoms with Gasteiger partial charge in [-0.25, -0.2) is 4.98 Å². The molecule has 1 aliphatic heterocycles. The van der Waals surface area contributed by atoms with Gasteiger partial charge in [0.15, 0.2) is 0 Å². The quantitative estimate of drug-likeness (QED) is 0.179. The zero-order valence-corrected chi connectivity index (χ0v) is 31.0. The summed E-state index contributed by atoms with van der Waals surface area (Å²) in [4.78, 5) is 9.29. The van der Waals surface area contributed by atoms with Crippen molar-refractivity contribution in [2.24, 2.45) is 0 Å². The molecule has 9 aromatic rings. The molecule has 0 N–H and O–H groups in total. The highest BCUT2D eigenvalue weighted by molar-refractivity contribution is 6.10. The van der Waals surface area contributed by atoms with Crippen molar-refractivity contribution in [3.8, 4) is 39.6 Å². The van der Waals surface area contributed by atoms with Crippen LogP contribution in [0.25, 0.3) is 62.0 Å². The summed E-state index contributed by atoms with van der Waals surface area (Å²) in [5.41, 5.74) is 16.1. The minimum atomic E-state index is -0.671. The van der Waals surface area contributed by atoms with Crippen molar-refractivity contribution in [3.63, 3.8) is 0 Å². The Morgan fingerprint density at radius 2 is 1.23 bits per heavy atom. The molecule has 3 aromatic heterocycles. The first-order chi connectivity index (χ1) is 27.5. The molecule has 0 fully saturated rings. The summed E-state index contributed by atoms with van der Waals surface area (Å²) in [6.07, 6.45) is 10.3. The highest BCUT2D eigenvalue weighted by Crippen LogP contribution is 2.61. The molecule has 0 saturated heterocycles. The molecular formula is C52H35N3O. The van der Waals surface area contributed by atoms with Crippen molar-refractivity contribution in [1.29, 1.82) is 0 Å². The fraction of sp³-hybridized carbons (Fsp3) is 0.0769. The van der Waals surface area contributed by atoms with Gasteiger partial charge in [-0.05, 0) is 110 Å². The fourth-order valence-corrected chi connectivity index (χ4v) is 10.1. The van der Waals surface area contributed by atoms with Gasteiger partial charge in [0.05, 0.1) is 16.4 Å². The number of pyridine rings is 2. The van der Waals surface area contributed by atoms with Gasteiger partial charge < -0.3 is 4.74 Å². The molecule has 1 spiro atoms. The average Bonchev–Trinajstić information content (AvgIpc) is 3.63. The lowest BCUT2D eigenvalue weighted by molar-refractivity contribution is 0.433. The summed E-state index contributed by atoms with van der Waals surface area (Å²) >= 11 is 0. The Bertz CT molecular complexity index is 3150.